The maximum atomic E-state index is 13.0. The molecule has 1 fully saturated rings. The van der Waals surface area contributed by atoms with Crippen LogP contribution in [-0.2, 0) is 13.0 Å². The largest absolute Gasteiger partial charge is 0.351 e. The number of rotatable bonds is 9. The molecule has 1 N–H and O–H groups in total. The van der Waals surface area contributed by atoms with Crippen LogP contribution in [0.25, 0.3) is 11.3 Å². The average molecular weight is 382 g/mol. The lowest BCUT2D eigenvalue weighted by Gasteiger charge is -2.11. The number of hydrogen-bond acceptors (Lipinski definition) is 2. The van der Waals surface area contributed by atoms with Gasteiger partial charge in [-0.3, -0.25) is 9.48 Å². The Morgan fingerprint density at radius 3 is 2.39 bits per heavy atom. The number of nitrogens with zero attached hydrogens (tertiary/aromatic N) is 2. The number of nitrogens with one attached hydrogen (secondary N) is 1. The zero-order chi connectivity index (χ0) is 20.3. The van der Waals surface area contributed by atoms with Gasteiger partial charge in [-0.25, -0.2) is 0 Å². The first-order valence-electron chi connectivity index (χ1n) is 10.9. The van der Waals surface area contributed by atoms with Gasteiger partial charge in [-0.1, -0.05) is 50.3 Å². The fourth-order valence-corrected chi connectivity index (χ4v) is 4.32. The van der Waals surface area contributed by atoms with Crippen LogP contribution in [0.2, 0.25) is 0 Å². The van der Waals surface area contributed by atoms with Crippen molar-refractivity contribution in [2.24, 2.45) is 5.92 Å². The molecule has 0 atom stereocenters. The Morgan fingerprint density at radius 1 is 1.14 bits per heavy atom. The summed E-state index contributed by atoms with van der Waals surface area (Å²) in [5, 5.41) is 8.02. The van der Waals surface area contributed by atoms with Gasteiger partial charge >= 0.3 is 0 Å². The fraction of sp³-hybridized carbons (Fsp3) is 0.583. The molecule has 4 heteroatoms. The highest BCUT2D eigenvalue weighted by Gasteiger charge is 2.24. The summed E-state index contributed by atoms with van der Waals surface area (Å²) in [5.41, 5.74) is 7.65. The average Bonchev–Trinajstić information content (AvgIpc) is 3.39. The second-order valence-corrected chi connectivity index (χ2v) is 8.31. The summed E-state index contributed by atoms with van der Waals surface area (Å²) in [6, 6.07) is 4.40. The van der Waals surface area contributed by atoms with E-state index >= 15 is 0 Å². The molecule has 1 aliphatic rings. The highest BCUT2D eigenvalue weighted by atomic mass is 16.2. The quantitative estimate of drug-likeness (QED) is 0.594. The molecule has 152 valence electrons. The minimum absolute atomic E-state index is 0.0197. The summed E-state index contributed by atoms with van der Waals surface area (Å²) in [6.45, 7) is 12.0. The first-order chi connectivity index (χ1) is 13.5. The minimum Gasteiger partial charge on any atom is -0.351 e. The van der Waals surface area contributed by atoms with E-state index in [2.05, 4.69) is 52.1 Å². The lowest BCUT2D eigenvalue weighted by molar-refractivity contribution is 0.0941. The molecule has 2 aromatic rings. The van der Waals surface area contributed by atoms with Gasteiger partial charge in [-0.15, -0.1) is 0 Å². The van der Waals surface area contributed by atoms with E-state index in [0.29, 0.717) is 6.54 Å². The molecule has 1 heterocycles. The zero-order valence-corrected chi connectivity index (χ0v) is 18.2. The molecule has 1 aromatic carbocycles. The van der Waals surface area contributed by atoms with E-state index in [1.165, 1.54) is 47.9 Å². The molecule has 3 rings (SSSR count). The summed E-state index contributed by atoms with van der Waals surface area (Å²) in [6.07, 6.45) is 7.20. The van der Waals surface area contributed by atoms with Crippen molar-refractivity contribution < 1.29 is 4.79 Å². The van der Waals surface area contributed by atoms with Crippen molar-refractivity contribution in [3.8, 4) is 11.3 Å². The molecule has 0 bridgehead atoms. The van der Waals surface area contributed by atoms with E-state index in [1.54, 1.807) is 0 Å². The molecule has 1 saturated carbocycles. The Morgan fingerprint density at radius 2 is 1.82 bits per heavy atom. The highest BCUT2D eigenvalue weighted by Crippen LogP contribution is 2.34. The molecule has 1 aliphatic carbocycles. The van der Waals surface area contributed by atoms with Crippen molar-refractivity contribution in [1.29, 1.82) is 0 Å². The van der Waals surface area contributed by atoms with Crippen molar-refractivity contribution in [2.45, 2.75) is 79.7 Å². The standard InChI is InChI=1S/C24H35N3O/c1-6-20-22(21-17(4)14-16(3)15-18(21)5)26-27(7-2)23(20)24(28)25-13-9-8-10-19-11-12-19/h14-15,19H,6-13H2,1-5H3,(H,25,28). The Hall–Kier alpha value is -2.10. The maximum Gasteiger partial charge on any atom is 0.269 e. The van der Waals surface area contributed by atoms with Crippen LogP contribution in [0.1, 0.15) is 78.7 Å². The van der Waals surface area contributed by atoms with Gasteiger partial charge in [0.05, 0.1) is 5.69 Å². The van der Waals surface area contributed by atoms with Gasteiger partial charge in [0.15, 0.2) is 0 Å². The summed E-state index contributed by atoms with van der Waals surface area (Å²) in [7, 11) is 0. The van der Waals surface area contributed by atoms with Gasteiger partial charge in [-0.2, -0.15) is 5.10 Å². The lowest BCUT2D eigenvalue weighted by atomic mass is 9.94. The molecule has 1 amide bonds. The number of unbranched alkanes of at least 4 members (excludes halogenated alkanes) is 1. The number of aryl methyl sites for hydroxylation is 4. The number of amides is 1. The van der Waals surface area contributed by atoms with Gasteiger partial charge in [0, 0.05) is 24.2 Å². The summed E-state index contributed by atoms with van der Waals surface area (Å²) in [5.74, 6) is 0.985. The normalized spacial score (nSPS) is 13.8. The second-order valence-electron chi connectivity index (χ2n) is 8.31. The van der Waals surface area contributed by atoms with E-state index in [-0.39, 0.29) is 5.91 Å². The monoisotopic (exact) mass is 381 g/mol. The van der Waals surface area contributed by atoms with Gasteiger partial charge < -0.3 is 5.32 Å². The van der Waals surface area contributed by atoms with Crippen LogP contribution in [0.5, 0.6) is 0 Å². The molecule has 1 aromatic heterocycles. The van der Waals surface area contributed by atoms with Crippen molar-refractivity contribution in [2.75, 3.05) is 6.54 Å². The molecule has 0 radical (unpaired) electrons. The molecule has 0 saturated heterocycles. The first kappa shape index (κ1) is 20.6. The predicted octanol–water partition coefficient (Wildman–Crippen LogP) is 5.37. The predicted molar refractivity (Wildman–Crippen MR) is 116 cm³/mol. The van der Waals surface area contributed by atoms with E-state index < -0.39 is 0 Å². The van der Waals surface area contributed by atoms with E-state index in [1.807, 2.05) is 4.68 Å². The highest BCUT2D eigenvalue weighted by molar-refractivity contribution is 5.96. The Labute approximate surface area is 169 Å². The van der Waals surface area contributed by atoms with Gasteiger partial charge in [0.1, 0.15) is 5.69 Å². The van der Waals surface area contributed by atoms with Gasteiger partial charge in [0.2, 0.25) is 0 Å². The number of aromatic nitrogens is 2. The number of benzene rings is 1. The van der Waals surface area contributed by atoms with Crippen LogP contribution in [0.15, 0.2) is 12.1 Å². The maximum absolute atomic E-state index is 13.0. The van der Waals surface area contributed by atoms with Crippen molar-refractivity contribution in [3.63, 3.8) is 0 Å². The van der Waals surface area contributed by atoms with Crippen LogP contribution >= 0.6 is 0 Å². The number of carbonyl (C=O) groups excluding carboxylic acids is 1. The molecule has 0 aliphatic heterocycles. The molecular formula is C24H35N3O. The van der Waals surface area contributed by atoms with Crippen LogP contribution < -0.4 is 5.32 Å². The molecule has 28 heavy (non-hydrogen) atoms. The van der Waals surface area contributed by atoms with Crippen LogP contribution in [0, 0.1) is 26.7 Å². The molecule has 0 spiro atoms. The minimum atomic E-state index is 0.0197. The molecular weight excluding hydrogens is 346 g/mol. The van der Waals surface area contributed by atoms with Crippen molar-refractivity contribution >= 4 is 5.91 Å². The first-order valence-corrected chi connectivity index (χ1v) is 10.9. The summed E-state index contributed by atoms with van der Waals surface area (Å²) < 4.78 is 1.88. The number of hydrogen-bond donors (Lipinski definition) is 1. The van der Waals surface area contributed by atoms with E-state index in [4.69, 9.17) is 5.10 Å². The van der Waals surface area contributed by atoms with E-state index in [9.17, 15) is 4.79 Å². The lowest BCUT2D eigenvalue weighted by Crippen LogP contribution is -2.28. The Balaban J connectivity index is 1.84. The molecule has 0 unspecified atom stereocenters. The summed E-state index contributed by atoms with van der Waals surface area (Å²) >= 11 is 0. The van der Waals surface area contributed by atoms with Crippen molar-refractivity contribution in [3.05, 3.63) is 40.1 Å². The van der Waals surface area contributed by atoms with Crippen LogP contribution in [-0.4, -0.2) is 22.2 Å². The topological polar surface area (TPSA) is 46.9 Å². The zero-order valence-electron chi connectivity index (χ0n) is 18.2. The summed E-state index contributed by atoms with van der Waals surface area (Å²) in [4.78, 5) is 13.0. The van der Waals surface area contributed by atoms with Crippen LogP contribution in [0.3, 0.4) is 0 Å². The number of carbonyl (C=O) groups is 1. The third-order valence-electron chi connectivity index (χ3n) is 5.85. The van der Waals surface area contributed by atoms with Crippen LogP contribution in [0.4, 0.5) is 0 Å². The Bertz CT molecular complexity index is 823. The third-order valence-corrected chi connectivity index (χ3v) is 5.85. The second kappa shape index (κ2) is 8.93. The third kappa shape index (κ3) is 4.48. The van der Waals surface area contributed by atoms with E-state index in [0.717, 1.165) is 42.3 Å². The SMILES string of the molecule is CCc1c(-c2c(C)cc(C)cc2C)nn(CC)c1C(=O)NCCCCC1CC1. The van der Waals surface area contributed by atoms with Gasteiger partial charge in [-0.05, 0) is 57.6 Å². The van der Waals surface area contributed by atoms with Gasteiger partial charge in [0.25, 0.3) is 5.91 Å². The smallest absolute Gasteiger partial charge is 0.269 e. The Kier molecular flexibility index (Phi) is 6.58. The van der Waals surface area contributed by atoms with Crippen molar-refractivity contribution in [1.82, 2.24) is 15.1 Å². The fourth-order valence-electron chi connectivity index (χ4n) is 4.32. The molecule has 4 nitrogen and oxygen atoms in total.